The van der Waals surface area contributed by atoms with Crippen molar-refractivity contribution in [2.45, 2.75) is 25.3 Å². The summed E-state index contributed by atoms with van der Waals surface area (Å²) in [5.41, 5.74) is 1.64. The molecule has 4 rings (SSSR count). The second-order valence-electron chi connectivity index (χ2n) is 6.90. The zero-order valence-electron chi connectivity index (χ0n) is 13.0. The van der Waals surface area contributed by atoms with E-state index < -0.39 is 0 Å². The Kier molecular flexibility index (Phi) is 3.91. The molecule has 0 radical (unpaired) electrons. The average molecular weight is 316 g/mol. The maximum absolute atomic E-state index is 13.1. The van der Waals surface area contributed by atoms with Gasteiger partial charge in [-0.1, -0.05) is 30.3 Å². The molecule has 1 aromatic rings. The number of nitrogens with zero attached hydrogens (tertiary/aromatic N) is 1. The Morgan fingerprint density at radius 2 is 2.00 bits per heavy atom. The molecule has 4 heteroatoms. The third-order valence-electron chi connectivity index (χ3n) is 5.68. The van der Waals surface area contributed by atoms with Gasteiger partial charge >= 0.3 is 0 Å². The van der Waals surface area contributed by atoms with Gasteiger partial charge in [0.25, 0.3) is 0 Å². The average Bonchev–Trinajstić information content (AvgIpc) is 3.28. The molecule has 22 heavy (non-hydrogen) atoms. The monoisotopic (exact) mass is 316 g/mol. The van der Waals surface area contributed by atoms with Gasteiger partial charge in [0.05, 0.1) is 6.04 Å². The van der Waals surface area contributed by atoms with Crippen LogP contribution < -0.4 is 5.32 Å². The predicted octanol–water partition coefficient (Wildman–Crippen LogP) is 2.69. The van der Waals surface area contributed by atoms with E-state index >= 15 is 0 Å². The quantitative estimate of drug-likeness (QED) is 0.910. The highest BCUT2D eigenvalue weighted by molar-refractivity contribution is 7.99. The predicted molar refractivity (Wildman–Crippen MR) is 90.9 cm³/mol. The number of piperidine rings is 1. The van der Waals surface area contributed by atoms with Crippen LogP contribution in [0.4, 0.5) is 0 Å². The molecule has 3 fully saturated rings. The minimum atomic E-state index is 0.270. The number of rotatable bonds is 2. The first-order chi connectivity index (χ1) is 10.8. The lowest BCUT2D eigenvalue weighted by Gasteiger charge is -2.37. The molecule has 2 heterocycles. The molecule has 1 aromatic carbocycles. The van der Waals surface area contributed by atoms with Gasteiger partial charge in [-0.25, -0.2) is 0 Å². The molecule has 118 valence electrons. The van der Waals surface area contributed by atoms with Crippen molar-refractivity contribution in [1.82, 2.24) is 10.2 Å². The zero-order chi connectivity index (χ0) is 15.0. The van der Waals surface area contributed by atoms with Gasteiger partial charge in [0.1, 0.15) is 0 Å². The van der Waals surface area contributed by atoms with Crippen LogP contribution in [0.15, 0.2) is 30.3 Å². The first-order valence-corrected chi connectivity index (χ1v) is 9.60. The van der Waals surface area contributed by atoms with E-state index in [-0.39, 0.29) is 6.04 Å². The second-order valence-corrected chi connectivity index (χ2v) is 8.05. The largest absolute Gasteiger partial charge is 0.334 e. The molecule has 1 N–H and O–H groups in total. The SMILES string of the molecule is O=C(C1CC12CCNCC2)N1CCSCC1c1ccccc1. The van der Waals surface area contributed by atoms with Crippen LogP contribution in [-0.2, 0) is 4.79 Å². The van der Waals surface area contributed by atoms with Gasteiger partial charge in [-0.15, -0.1) is 0 Å². The van der Waals surface area contributed by atoms with Gasteiger partial charge in [-0.2, -0.15) is 11.8 Å². The van der Waals surface area contributed by atoms with Crippen LogP contribution in [0, 0.1) is 11.3 Å². The van der Waals surface area contributed by atoms with Crippen LogP contribution in [0.2, 0.25) is 0 Å². The van der Waals surface area contributed by atoms with Crippen LogP contribution in [0.25, 0.3) is 0 Å². The van der Waals surface area contributed by atoms with E-state index in [1.165, 1.54) is 18.4 Å². The Bertz CT molecular complexity index is 541. The van der Waals surface area contributed by atoms with Gasteiger partial charge < -0.3 is 10.2 Å². The van der Waals surface area contributed by atoms with Crippen molar-refractivity contribution >= 4 is 17.7 Å². The number of nitrogens with one attached hydrogen (secondary N) is 1. The van der Waals surface area contributed by atoms with Crippen LogP contribution in [0.3, 0.4) is 0 Å². The van der Waals surface area contributed by atoms with Crippen molar-refractivity contribution in [2.24, 2.45) is 11.3 Å². The number of hydrogen-bond acceptors (Lipinski definition) is 3. The molecular formula is C18H24N2OS. The summed E-state index contributed by atoms with van der Waals surface area (Å²) >= 11 is 1.97. The molecule has 0 bridgehead atoms. The first-order valence-electron chi connectivity index (χ1n) is 8.44. The maximum atomic E-state index is 13.1. The number of amides is 1. The summed E-state index contributed by atoms with van der Waals surface area (Å²) in [6, 6.07) is 10.8. The van der Waals surface area contributed by atoms with Crippen LogP contribution in [0.1, 0.15) is 30.9 Å². The highest BCUT2D eigenvalue weighted by atomic mass is 32.2. The van der Waals surface area contributed by atoms with Crippen LogP contribution >= 0.6 is 11.8 Å². The Labute approximate surface area is 136 Å². The molecule has 2 saturated heterocycles. The highest BCUT2D eigenvalue weighted by Crippen LogP contribution is 2.59. The van der Waals surface area contributed by atoms with Gasteiger partial charge in [-0.05, 0) is 43.3 Å². The zero-order valence-corrected chi connectivity index (χ0v) is 13.8. The van der Waals surface area contributed by atoms with Crippen molar-refractivity contribution in [3.05, 3.63) is 35.9 Å². The van der Waals surface area contributed by atoms with Gasteiger partial charge in [0.15, 0.2) is 0 Å². The Morgan fingerprint density at radius 3 is 2.77 bits per heavy atom. The third kappa shape index (κ3) is 2.56. The number of carbonyl (C=O) groups excluding carboxylic acids is 1. The molecule has 3 nitrogen and oxygen atoms in total. The molecule has 1 amide bonds. The van der Waals surface area contributed by atoms with Crippen molar-refractivity contribution in [3.63, 3.8) is 0 Å². The number of benzene rings is 1. The van der Waals surface area contributed by atoms with E-state index in [1.54, 1.807) is 0 Å². The number of hydrogen-bond donors (Lipinski definition) is 1. The fourth-order valence-electron chi connectivity index (χ4n) is 4.19. The topological polar surface area (TPSA) is 32.3 Å². The molecule has 2 atom stereocenters. The summed E-state index contributed by atoms with van der Waals surface area (Å²) in [6.07, 6.45) is 3.49. The lowest BCUT2D eigenvalue weighted by molar-refractivity contribution is -0.135. The van der Waals surface area contributed by atoms with E-state index in [0.29, 0.717) is 17.2 Å². The fourth-order valence-corrected chi connectivity index (χ4v) is 5.28. The van der Waals surface area contributed by atoms with Crippen molar-refractivity contribution < 1.29 is 4.79 Å². The van der Waals surface area contributed by atoms with Crippen LogP contribution in [0.5, 0.6) is 0 Å². The summed E-state index contributed by atoms with van der Waals surface area (Å²) < 4.78 is 0. The summed E-state index contributed by atoms with van der Waals surface area (Å²) in [5.74, 6) is 2.84. The second kappa shape index (κ2) is 5.89. The molecule has 1 aliphatic carbocycles. The third-order valence-corrected chi connectivity index (χ3v) is 6.71. The van der Waals surface area contributed by atoms with Gasteiger partial charge in [-0.3, -0.25) is 4.79 Å². The summed E-state index contributed by atoms with van der Waals surface area (Å²) in [4.78, 5) is 15.3. The Hall–Kier alpha value is -1.00. The van der Waals surface area contributed by atoms with E-state index in [9.17, 15) is 4.79 Å². The summed E-state index contributed by atoms with van der Waals surface area (Å²) in [5, 5.41) is 3.43. The first kappa shape index (κ1) is 14.6. The highest BCUT2D eigenvalue weighted by Gasteiger charge is 2.59. The molecule has 1 saturated carbocycles. The molecule has 2 aliphatic heterocycles. The van der Waals surface area contributed by atoms with E-state index in [2.05, 4.69) is 40.5 Å². The lowest BCUT2D eigenvalue weighted by Crippen LogP contribution is -2.43. The molecular weight excluding hydrogens is 292 g/mol. The van der Waals surface area contributed by atoms with Crippen molar-refractivity contribution in [2.75, 3.05) is 31.1 Å². The van der Waals surface area contributed by atoms with E-state index in [1.807, 2.05) is 11.8 Å². The summed E-state index contributed by atoms with van der Waals surface area (Å²) in [7, 11) is 0. The minimum absolute atomic E-state index is 0.270. The van der Waals surface area contributed by atoms with Gasteiger partial charge in [0.2, 0.25) is 5.91 Å². The Balaban J connectivity index is 1.51. The van der Waals surface area contributed by atoms with Crippen molar-refractivity contribution in [3.8, 4) is 0 Å². The molecule has 2 unspecified atom stereocenters. The normalized spacial score (nSPS) is 30.3. The smallest absolute Gasteiger partial charge is 0.226 e. The van der Waals surface area contributed by atoms with Gasteiger partial charge in [0, 0.05) is 24.0 Å². The number of thioether (sulfide) groups is 1. The summed E-state index contributed by atoms with van der Waals surface area (Å²) in [6.45, 7) is 3.08. The standard InChI is InChI=1S/C18H24N2OS/c21-17(15-12-18(15)6-8-19-9-7-18)20-10-11-22-13-16(20)14-4-2-1-3-5-14/h1-5,15-16,19H,6-13H2. The van der Waals surface area contributed by atoms with E-state index in [4.69, 9.17) is 0 Å². The fraction of sp³-hybridized carbons (Fsp3) is 0.611. The molecule has 0 aromatic heterocycles. The van der Waals surface area contributed by atoms with E-state index in [0.717, 1.165) is 37.6 Å². The van der Waals surface area contributed by atoms with Crippen LogP contribution in [-0.4, -0.2) is 41.9 Å². The van der Waals surface area contributed by atoms with Crippen molar-refractivity contribution in [1.29, 1.82) is 0 Å². The number of carbonyl (C=O) groups is 1. The lowest BCUT2D eigenvalue weighted by atomic mass is 9.91. The maximum Gasteiger partial charge on any atom is 0.226 e. The minimum Gasteiger partial charge on any atom is -0.334 e. The Morgan fingerprint density at radius 1 is 1.23 bits per heavy atom. The molecule has 1 spiro atoms. The molecule has 3 aliphatic rings.